The maximum absolute atomic E-state index is 11.6. The summed E-state index contributed by atoms with van der Waals surface area (Å²) in [6.07, 6.45) is -1.00. The van der Waals surface area contributed by atoms with Crippen molar-refractivity contribution < 1.29 is 19.1 Å². The van der Waals surface area contributed by atoms with E-state index in [0.717, 1.165) is 5.56 Å². The van der Waals surface area contributed by atoms with Gasteiger partial charge in [0.1, 0.15) is 21.5 Å². The molecule has 0 aliphatic heterocycles. The van der Waals surface area contributed by atoms with Crippen molar-refractivity contribution in [3.8, 4) is 11.8 Å². The normalized spacial score (nSPS) is 10.1. The Morgan fingerprint density at radius 2 is 1.30 bits per heavy atom. The lowest BCUT2D eigenvalue weighted by atomic mass is 10.2. The van der Waals surface area contributed by atoms with Crippen molar-refractivity contribution in [2.24, 2.45) is 0 Å². The van der Waals surface area contributed by atoms with Crippen LogP contribution < -0.4 is 10.6 Å². The number of halogens is 1. The number of carbonyl (C=O) groups excluding carboxylic acids is 2. The first-order valence-corrected chi connectivity index (χ1v) is 13.0. The van der Waals surface area contributed by atoms with Crippen molar-refractivity contribution in [3.05, 3.63) is 57.0 Å². The molecule has 0 radical (unpaired) electrons. The Morgan fingerprint density at radius 1 is 0.811 bits per heavy atom. The lowest BCUT2D eigenvalue weighted by Crippen LogP contribution is -2.27. The molecule has 0 spiro atoms. The number of rotatable bonds is 2. The van der Waals surface area contributed by atoms with Gasteiger partial charge in [-0.3, -0.25) is 10.6 Å². The number of nitrogens with zero attached hydrogens (tertiary/aromatic N) is 2. The standard InChI is InChI=1S/C16H16N2O2S.C8H11BrN2O2S.2CH4/c1-16(2,3)20-15(19)18-14-17-13(11-21-14)10-9-12-7-5-4-6-8-12;1-8(2,3)13-7(12)11-6-10-5(9)4-14-6;;/h4-8,11H,1-3H3,(H,17,18,19);4H,1-3H3,(H,10,11,12);2*1H4. The van der Waals surface area contributed by atoms with Crippen LogP contribution in [0.2, 0.25) is 0 Å². The fourth-order valence-electron chi connectivity index (χ4n) is 2.14. The first kappa shape index (κ1) is 34.1. The van der Waals surface area contributed by atoms with Crippen molar-refractivity contribution in [2.45, 2.75) is 67.6 Å². The molecule has 3 aromatic rings. The highest BCUT2D eigenvalue weighted by Gasteiger charge is 2.18. The largest absolute Gasteiger partial charge is 0.444 e. The van der Waals surface area contributed by atoms with E-state index in [1.807, 2.05) is 71.9 Å². The second-order valence-electron chi connectivity index (χ2n) is 8.88. The average molecular weight is 612 g/mol. The molecule has 2 N–H and O–H groups in total. The third kappa shape index (κ3) is 15.0. The van der Waals surface area contributed by atoms with Gasteiger partial charge in [0.05, 0.1) is 0 Å². The molecule has 2 aromatic heterocycles. The number of anilines is 2. The van der Waals surface area contributed by atoms with Gasteiger partial charge in [0, 0.05) is 16.3 Å². The number of thiazole rings is 2. The van der Waals surface area contributed by atoms with Crippen molar-refractivity contribution in [1.82, 2.24) is 9.97 Å². The molecular weight excluding hydrogens is 576 g/mol. The first-order chi connectivity index (χ1) is 16.3. The van der Waals surface area contributed by atoms with Gasteiger partial charge in [-0.1, -0.05) is 39.0 Å². The van der Waals surface area contributed by atoms with E-state index in [0.29, 0.717) is 20.6 Å². The molecule has 0 fully saturated rings. The molecule has 2 heterocycles. The van der Waals surface area contributed by atoms with Gasteiger partial charge in [0.2, 0.25) is 0 Å². The minimum atomic E-state index is -0.530. The zero-order chi connectivity index (χ0) is 26.1. The molecule has 3 rings (SSSR count). The van der Waals surface area contributed by atoms with Gasteiger partial charge < -0.3 is 9.47 Å². The van der Waals surface area contributed by atoms with E-state index in [9.17, 15) is 9.59 Å². The van der Waals surface area contributed by atoms with Gasteiger partial charge in [-0.05, 0) is 75.5 Å². The average Bonchev–Trinajstić information content (AvgIpc) is 3.33. The van der Waals surface area contributed by atoms with Crippen molar-refractivity contribution in [1.29, 1.82) is 0 Å². The van der Waals surface area contributed by atoms with Crippen molar-refractivity contribution in [3.63, 3.8) is 0 Å². The molecule has 0 unspecified atom stereocenters. The SMILES string of the molecule is C.C.CC(C)(C)OC(=O)Nc1nc(Br)cs1.CC(C)(C)OC(=O)Nc1nc(C#Cc2ccccc2)cs1. The smallest absolute Gasteiger partial charge is 0.413 e. The Morgan fingerprint density at radius 3 is 1.76 bits per heavy atom. The third-order valence-electron chi connectivity index (χ3n) is 3.30. The Hall–Kier alpha value is -2.94. The summed E-state index contributed by atoms with van der Waals surface area (Å²) >= 11 is 5.84. The van der Waals surface area contributed by atoms with Crippen LogP contribution in [-0.4, -0.2) is 33.4 Å². The number of benzene rings is 1. The fourth-order valence-corrected chi connectivity index (χ4v) is 3.90. The maximum atomic E-state index is 11.6. The number of carbonyl (C=O) groups is 2. The number of hydrogen-bond donors (Lipinski definition) is 2. The van der Waals surface area contributed by atoms with Crippen LogP contribution in [0.3, 0.4) is 0 Å². The summed E-state index contributed by atoms with van der Waals surface area (Å²) in [6, 6.07) is 9.66. The minimum absolute atomic E-state index is 0. The van der Waals surface area contributed by atoms with Gasteiger partial charge >= 0.3 is 12.2 Å². The molecule has 0 aliphatic carbocycles. The monoisotopic (exact) mass is 610 g/mol. The van der Waals surface area contributed by atoms with Crippen LogP contribution in [0.4, 0.5) is 19.9 Å². The Bertz CT molecular complexity index is 1190. The van der Waals surface area contributed by atoms with E-state index < -0.39 is 23.4 Å². The summed E-state index contributed by atoms with van der Waals surface area (Å²) in [5.74, 6) is 5.98. The summed E-state index contributed by atoms with van der Waals surface area (Å²) in [7, 11) is 0. The van der Waals surface area contributed by atoms with Crippen LogP contribution in [0.25, 0.3) is 0 Å². The lowest BCUT2D eigenvalue weighted by Gasteiger charge is -2.18. The van der Waals surface area contributed by atoms with Gasteiger partial charge in [-0.2, -0.15) is 0 Å². The second-order valence-corrected chi connectivity index (χ2v) is 11.4. The summed E-state index contributed by atoms with van der Waals surface area (Å²) in [5, 5.41) is 9.70. The molecule has 0 saturated carbocycles. The highest BCUT2D eigenvalue weighted by atomic mass is 79.9. The van der Waals surface area contributed by atoms with Crippen molar-refractivity contribution >= 4 is 61.1 Å². The molecule has 2 amide bonds. The molecule has 11 heteroatoms. The molecule has 202 valence electrons. The number of ether oxygens (including phenoxy) is 2. The van der Waals surface area contributed by atoms with Crippen LogP contribution in [0.15, 0.2) is 45.7 Å². The van der Waals surface area contributed by atoms with E-state index in [1.54, 1.807) is 10.8 Å². The van der Waals surface area contributed by atoms with Crippen LogP contribution in [0.1, 0.15) is 67.7 Å². The minimum Gasteiger partial charge on any atom is -0.444 e. The van der Waals surface area contributed by atoms with E-state index in [2.05, 4.69) is 48.4 Å². The molecule has 37 heavy (non-hydrogen) atoms. The highest BCUT2D eigenvalue weighted by Crippen LogP contribution is 2.20. The zero-order valence-electron chi connectivity index (χ0n) is 20.3. The van der Waals surface area contributed by atoms with Crippen molar-refractivity contribution in [2.75, 3.05) is 10.6 Å². The van der Waals surface area contributed by atoms with Gasteiger partial charge in [0.25, 0.3) is 0 Å². The molecular formula is C26H35BrN4O4S2. The summed E-state index contributed by atoms with van der Waals surface area (Å²) in [5.41, 5.74) is 0.526. The molecule has 0 saturated heterocycles. The topological polar surface area (TPSA) is 102 Å². The number of amides is 2. The Balaban J connectivity index is 0.000000714. The molecule has 0 bridgehead atoms. The highest BCUT2D eigenvalue weighted by molar-refractivity contribution is 9.10. The maximum Gasteiger partial charge on any atom is 0.413 e. The number of nitrogens with one attached hydrogen (secondary N) is 2. The van der Waals surface area contributed by atoms with Crippen LogP contribution in [-0.2, 0) is 9.47 Å². The van der Waals surface area contributed by atoms with Crippen LogP contribution in [0.5, 0.6) is 0 Å². The summed E-state index contributed by atoms with van der Waals surface area (Å²) < 4.78 is 10.9. The van der Waals surface area contributed by atoms with Crippen LogP contribution >= 0.6 is 38.6 Å². The Kier molecular flexibility index (Phi) is 14.1. The summed E-state index contributed by atoms with van der Waals surface area (Å²) in [4.78, 5) is 31.1. The zero-order valence-corrected chi connectivity index (χ0v) is 23.5. The third-order valence-corrected chi connectivity index (χ3v) is 5.53. The molecule has 0 aliphatic rings. The Labute approximate surface area is 236 Å². The summed E-state index contributed by atoms with van der Waals surface area (Å²) in [6.45, 7) is 10.9. The fraction of sp³-hybridized carbons (Fsp3) is 0.385. The first-order valence-electron chi connectivity index (χ1n) is 10.4. The van der Waals surface area contributed by atoms with Gasteiger partial charge in [0.15, 0.2) is 10.3 Å². The van der Waals surface area contributed by atoms with Gasteiger partial charge in [-0.15, -0.1) is 22.7 Å². The second kappa shape index (κ2) is 15.3. The lowest BCUT2D eigenvalue weighted by molar-refractivity contribution is 0.0624. The van der Waals surface area contributed by atoms with E-state index in [-0.39, 0.29) is 14.9 Å². The molecule has 0 atom stereocenters. The van der Waals surface area contributed by atoms with Gasteiger partial charge in [-0.25, -0.2) is 19.6 Å². The number of hydrogen-bond acceptors (Lipinski definition) is 8. The van der Waals surface area contributed by atoms with Crippen LogP contribution in [0, 0.1) is 11.8 Å². The predicted molar refractivity (Wildman–Crippen MR) is 158 cm³/mol. The molecule has 8 nitrogen and oxygen atoms in total. The van der Waals surface area contributed by atoms with E-state index in [1.165, 1.54) is 22.7 Å². The molecule has 1 aromatic carbocycles. The van der Waals surface area contributed by atoms with E-state index in [4.69, 9.17) is 9.47 Å². The number of aromatic nitrogens is 2. The quantitative estimate of drug-likeness (QED) is 0.282. The predicted octanol–water partition coefficient (Wildman–Crippen LogP) is 8.41. The van der Waals surface area contributed by atoms with E-state index >= 15 is 0 Å².